The molecule has 1 amide bonds. The van der Waals surface area contributed by atoms with Crippen molar-refractivity contribution in [3.8, 4) is 0 Å². The number of carbonyl (C=O) groups is 2. The van der Waals surface area contributed by atoms with E-state index in [0.717, 1.165) is 17.3 Å². The van der Waals surface area contributed by atoms with E-state index in [1.54, 1.807) is 6.07 Å². The van der Waals surface area contributed by atoms with Gasteiger partial charge < -0.3 is 15.2 Å². The summed E-state index contributed by atoms with van der Waals surface area (Å²) >= 11 is 3.36. The molecule has 106 valence electrons. The minimum Gasteiger partial charge on any atom is -0.481 e. The molecule has 0 aliphatic carbocycles. The predicted octanol–water partition coefficient (Wildman–Crippen LogP) is 2.27. The van der Waals surface area contributed by atoms with Crippen LogP contribution in [-0.2, 0) is 14.3 Å². The monoisotopic (exact) mass is 339 g/mol. The number of carboxylic acid groups (broad SMARTS) is 1. The first-order valence-corrected chi connectivity index (χ1v) is 7.31. The summed E-state index contributed by atoms with van der Waals surface area (Å²) in [4.78, 5) is 23.8. The summed E-state index contributed by atoms with van der Waals surface area (Å²) in [7, 11) is 0. The highest BCUT2D eigenvalue weighted by Gasteiger charge is 2.55. The van der Waals surface area contributed by atoms with Crippen molar-refractivity contribution in [2.75, 3.05) is 5.32 Å². The number of fused-ring (bicyclic) bond motifs is 2. The van der Waals surface area contributed by atoms with Crippen molar-refractivity contribution in [1.82, 2.24) is 0 Å². The molecule has 1 aromatic rings. The van der Waals surface area contributed by atoms with E-state index in [0.29, 0.717) is 5.69 Å². The molecule has 2 N–H and O–H groups in total. The largest absolute Gasteiger partial charge is 0.481 e. The van der Waals surface area contributed by atoms with Crippen molar-refractivity contribution in [3.05, 3.63) is 28.7 Å². The standard InChI is InChI=1S/C14H14BrNO4/c15-7-3-1-2-4-8(7)16-13(17)11-9-5-6-10(20-9)12(11)14(18)19/h1-4,9-12H,5-6H2,(H,16,17)(H,18,19)/t9-,10+,11-,12+/m1/s1. The first-order valence-electron chi connectivity index (χ1n) is 6.51. The number of hydrogen-bond acceptors (Lipinski definition) is 3. The van der Waals surface area contributed by atoms with Crippen LogP contribution in [0.3, 0.4) is 0 Å². The highest BCUT2D eigenvalue weighted by molar-refractivity contribution is 9.10. The zero-order chi connectivity index (χ0) is 14.3. The number of nitrogens with one attached hydrogen (secondary N) is 1. The fourth-order valence-corrected chi connectivity index (χ4v) is 3.49. The molecule has 2 saturated heterocycles. The Morgan fingerprint density at radius 3 is 2.50 bits per heavy atom. The summed E-state index contributed by atoms with van der Waals surface area (Å²) < 4.78 is 6.36. The molecular weight excluding hydrogens is 326 g/mol. The molecule has 3 rings (SSSR count). The predicted molar refractivity (Wildman–Crippen MR) is 75.3 cm³/mol. The van der Waals surface area contributed by atoms with Crippen molar-refractivity contribution < 1.29 is 19.4 Å². The van der Waals surface area contributed by atoms with Crippen molar-refractivity contribution in [2.24, 2.45) is 11.8 Å². The van der Waals surface area contributed by atoms with E-state index in [4.69, 9.17) is 4.74 Å². The highest BCUT2D eigenvalue weighted by Crippen LogP contribution is 2.44. The number of aliphatic carboxylic acids is 1. The van der Waals surface area contributed by atoms with E-state index in [1.807, 2.05) is 18.2 Å². The molecule has 0 aromatic heterocycles. The number of para-hydroxylation sites is 1. The Bertz CT molecular complexity index is 562. The van der Waals surface area contributed by atoms with E-state index in [-0.39, 0.29) is 18.1 Å². The fraction of sp³-hybridized carbons (Fsp3) is 0.429. The van der Waals surface area contributed by atoms with Gasteiger partial charge in [-0.1, -0.05) is 12.1 Å². The lowest BCUT2D eigenvalue weighted by Gasteiger charge is -2.24. The van der Waals surface area contributed by atoms with Crippen LogP contribution < -0.4 is 5.32 Å². The van der Waals surface area contributed by atoms with Gasteiger partial charge in [-0.05, 0) is 40.9 Å². The Morgan fingerprint density at radius 2 is 1.85 bits per heavy atom. The van der Waals surface area contributed by atoms with Gasteiger partial charge in [-0.2, -0.15) is 0 Å². The van der Waals surface area contributed by atoms with E-state index in [2.05, 4.69) is 21.2 Å². The zero-order valence-corrected chi connectivity index (χ0v) is 12.2. The first-order chi connectivity index (χ1) is 9.58. The Balaban J connectivity index is 1.80. The number of halogens is 1. The maximum Gasteiger partial charge on any atom is 0.310 e. The molecule has 5 nitrogen and oxygen atoms in total. The van der Waals surface area contributed by atoms with Gasteiger partial charge in [-0.25, -0.2) is 0 Å². The van der Waals surface area contributed by atoms with Crippen LogP contribution in [0.4, 0.5) is 5.69 Å². The van der Waals surface area contributed by atoms with Gasteiger partial charge in [-0.3, -0.25) is 9.59 Å². The molecule has 0 radical (unpaired) electrons. The van der Waals surface area contributed by atoms with E-state index >= 15 is 0 Å². The Kier molecular flexibility index (Phi) is 3.52. The topological polar surface area (TPSA) is 75.6 Å². The van der Waals surface area contributed by atoms with Gasteiger partial charge in [0.05, 0.1) is 29.7 Å². The van der Waals surface area contributed by atoms with E-state index < -0.39 is 17.8 Å². The van der Waals surface area contributed by atoms with Crippen LogP contribution in [0.15, 0.2) is 28.7 Å². The molecule has 2 aliphatic heterocycles. The van der Waals surface area contributed by atoms with Crippen LogP contribution in [-0.4, -0.2) is 29.2 Å². The maximum atomic E-state index is 12.4. The first kappa shape index (κ1) is 13.6. The van der Waals surface area contributed by atoms with Crippen LogP contribution in [0.2, 0.25) is 0 Å². The third-order valence-corrected chi connectivity index (χ3v) is 4.68. The Morgan fingerprint density at radius 1 is 1.20 bits per heavy atom. The third kappa shape index (κ3) is 2.23. The van der Waals surface area contributed by atoms with Gasteiger partial charge in [0, 0.05) is 4.47 Å². The van der Waals surface area contributed by atoms with E-state index in [9.17, 15) is 14.7 Å². The van der Waals surface area contributed by atoms with Crippen LogP contribution in [0.1, 0.15) is 12.8 Å². The number of rotatable bonds is 3. The number of ether oxygens (including phenoxy) is 1. The summed E-state index contributed by atoms with van der Waals surface area (Å²) in [5, 5.41) is 12.1. The molecule has 0 unspecified atom stereocenters. The molecule has 2 heterocycles. The molecule has 0 spiro atoms. The number of hydrogen-bond donors (Lipinski definition) is 2. The average Bonchev–Trinajstić information content (AvgIpc) is 3.01. The number of amides is 1. The van der Waals surface area contributed by atoms with Gasteiger partial charge in [-0.15, -0.1) is 0 Å². The molecule has 20 heavy (non-hydrogen) atoms. The molecular formula is C14H14BrNO4. The maximum absolute atomic E-state index is 12.4. The Hall–Kier alpha value is -1.40. The fourth-order valence-electron chi connectivity index (χ4n) is 3.10. The summed E-state index contributed by atoms with van der Waals surface area (Å²) in [6.07, 6.45) is 0.874. The molecule has 4 atom stereocenters. The lowest BCUT2D eigenvalue weighted by molar-refractivity contribution is -0.147. The van der Waals surface area contributed by atoms with Crippen LogP contribution in [0, 0.1) is 11.8 Å². The van der Waals surface area contributed by atoms with Crippen LogP contribution >= 0.6 is 15.9 Å². The molecule has 2 bridgehead atoms. The Labute approximate surface area is 124 Å². The minimum atomic E-state index is -0.954. The summed E-state index contributed by atoms with van der Waals surface area (Å²) in [5.74, 6) is -2.59. The smallest absolute Gasteiger partial charge is 0.310 e. The SMILES string of the molecule is O=C(O)[C@@H]1[C@H](C(=O)Nc2ccccc2Br)[C@H]2CC[C@@H]1O2. The van der Waals surface area contributed by atoms with Gasteiger partial charge in [0.15, 0.2) is 0 Å². The van der Waals surface area contributed by atoms with Crippen LogP contribution in [0.25, 0.3) is 0 Å². The highest BCUT2D eigenvalue weighted by atomic mass is 79.9. The van der Waals surface area contributed by atoms with Crippen molar-refractivity contribution in [1.29, 1.82) is 0 Å². The third-order valence-electron chi connectivity index (χ3n) is 3.99. The van der Waals surface area contributed by atoms with Crippen molar-refractivity contribution >= 4 is 33.5 Å². The number of anilines is 1. The second kappa shape index (κ2) is 5.18. The molecule has 1 aromatic carbocycles. The lowest BCUT2D eigenvalue weighted by Crippen LogP contribution is -2.41. The number of carboxylic acids is 1. The van der Waals surface area contributed by atoms with Gasteiger partial charge in [0.25, 0.3) is 0 Å². The minimum absolute atomic E-state index is 0.274. The van der Waals surface area contributed by atoms with Gasteiger partial charge in [0.1, 0.15) is 0 Å². The van der Waals surface area contributed by atoms with Crippen molar-refractivity contribution in [3.63, 3.8) is 0 Å². The molecule has 0 saturated carbocycles. The van der Waals surface area contributed by atoms with Gasteiger partial charge >= 0.3 is 5.97 Å². The normalized spacial score (nSPS) is 31.2. The van der Waals surface area contributed by atoms with E-state index in [1.165, 1.54) is 0 Å². The number of benzene rings is 1. The summed E-state index contributed by atoms with van der Waals surface area (Å²) in [6.45, 7) is 0. The molecule has 6 heteroatoms. The second-order valence-corrected chi connectivity index (χ2v) is 6.00. The van der Waals surface area contributed by atoms with Crippen molar-refractivity contribution in [2.45, 2.75) is 25.0 Å². The molecule has 2 fully saturated rings. The van der Waals surface area contributed by atoms with Gasteiger partial charge in [0.2, 0.25) is 5.91 Å². The summed E-state index contributed by atoms with van der Waals surface area (Å²) in [5.41, 5.74) is 0.643. The molecule has 2 aliphatic rings. The summed E-state index contributed by atoms with van der Waals surface area (Å²) in [6, 6.07) is 7.25. The lowest BCUT2D eigenvalue weighted by atomic mass is 9.78. The zero-order valence-electron chi connectivity index (χ0n) is 10.6. The average molecular weight is 340 g/mol. The quantitative estimate of drug-likeness (QED) is 0.885. The van der Waals surface area contributed by atoms with Crippen LogP contribution in [0.5, 0.6) is 0 Å². The second-order valence-electron chi connectivity index (χ2n) is 5.15. The number of carbonyl (C=O) groups excluding carboxylic acids is 1.